The molecule has 1 heterocycles. The van der Waals surface area contributed by atoms with Gasteiger partial charge in [0.25, 0.3) is 0 Å². The minimum absolute atomic E-state index is 0.0571. The first-order valence-corrected chi connectivity index (χ1v) is 16.4. The molecule has 0 saturated carbocycles. The van der Waals surface area contributed by atoms with Crippen molar-refractivity contribution in [1.82, 2.24) is 9.88 Å². The van der Waals surface area contributed by atoms with Gasteiger partial charge in [-0.3, -0.25) is 4.90 Å². The molecule has 0 aliphatic heterocycles. The molecule has 0 aliphatic rings. The monoisotopic (exact) mass is 653 g/mol. The lowest BCUT2D eigenvalue weighted by molar-refractivity contribution is 0.113. The quantitative estimate of drug-likeness (QED) is 0.160. The first kappa shape index (κ1) is 36.2. The van der Waals surface area contributed by atoms with Crippen LogP contribution in [0.2, 0.25) is 0 Å². The van der Waals surface area contributed by atoms with Crippen LogP contribution in [-0.4, -0.2) is 86.4 Å². The molecule has 0 aliphatic carbocycles. The number of nitrogens with zero attached hydrogens (tertiary/aromatic N) is 5. The summed E-state index contributed by atoms with van der Waals surface area (Å²) < 4.78 is 38.0. The van der Waals surface area contributed by atoms with Gasteiger partial charge in [0, 0.05) is 48.6 Å². The molecule has 13 nitrogen and oxygen atoms in total. The van der Waals surface area contributed by atoms with E-state index in [1.54, 1.807) is 13.8 Å². The van der Waals surface area contributed by atoms with Crippen LogP contribution in [0.4, 0.5) is 28.7 Å². The first-order valence-electron chi connectivity index (χ1n) is 14.7. The van der Waals surface area contributed by atoms with E-state index in [2.05, 4.69) is 31.9 Å². The van der Waals surface area contributed by atoms with Crippen molar-refractivity contribution in [2.24, 2.45) is 10.2 Å². The fraction of sp³-hybridized carbons (Fsp3) is 0.438. The number of anilines is 3. The van der Waals surface area contributed by atoms with Crippen molar-refractivity contribution in [3.05, 3.63) is 53.6 Å². The lowest BCUT2D eigenvalue weighted by atomic mass is 10.1. The van der Waals surface area contributed by atoms with Gasteiger partial charge in [-0.1, -0.05) is 18.2 Å². The molecule has 1 aromatic heterocycles. The number of methoxy groups -OCH3 is 2. The molecule has 4 N–H and O–H groups in total. The number of hydrogen-bond acceptors (Lipinski definition) is 13. The second kappa shape index (κ2) is 15.8. The van der Waals surface area contributed by atoms with Crippen LogP contribution in [-0.2, 0) is 9.84 Å². The normalized spacial score (nSPS) is 12.6. The number of aromatic nitrogens is 1. The third kappa shape index (κ3) is 9.13. The summed E-state index contributed by atoms with van der Waals surface area (Å²) in [6.07, 6.45) is -0.703. The van der Waals surface area contributed by atoms with Crippen molar-refractivity contribution < 1.29 is 28.1 Å². The fourth-order valence-corrected chi connectivity index (χ4v) is 6.01. The lowest BCUT2D eigenvalue weighted by Crippen LogP contribution is -2.45. The van der Waals surface area contributed by atoms with Crippen LogP contribution in [0.25, 0.3) is 0 Å². The van der Waals surface area contributed by atoms with Gasteiger partial charge in [-0.25, -0.2) is 13.4 Å². The van der Waals surface area contributed by atoms with Gasteiger partial charge in [0.15, 0.2) is 21.5 Å². The molecule has 248 valence electrons. The Morgan fingerprint density at radius 3 is 2.30 bits per heavy atom. The number of benzene rings is 2. The van der Waals surface area contributed by atoms with Gasteiger partial charge in [-0.15, -0.1) is 10.2 Å². The molecule has 14 heteroatoms. The highest BCUT2D eigenvalue weighted by Crippen LogP contribution is 2.41. The minimum Gasteiger partial charge on any atom is -0.495 e. The summed E-state index contributed by atoms with van der Waals surface area (Å²) >= 11 is 0. The highest BCUT2D eigenvalue weighted by atomic mass is 32.2. The minimum atomic E-state index is -3.85. The van der Waals surface area contributed by atoms with Crippen molar-refractivity contribution >= 4 is 38.5 Å². The number of nitrogens with one attached hydrogen (secondary N) is 2. The van der Waals surface area contributed by atoms with Gasteiger partial charge < -0.3 is 30.3 Å². The van der Waals surface area contributed by atoms with Crippen molar-refractivity contribution in [1.29, 1.82) is 5.26 Å². The molecular formula is C32H43N7O6S. The van der Waals surface area contributed by atoms with Gasteiger partial charge in [0.2, 0.25) is 0 Å². The fourth-order valence-electron chi connectivity index (χ4n) is 4.59. The number of aliphatic hydroxyl groups excluding tert-OH is 2. The molecule has 0 spiro atoms. The number of β-amino-alcohol motifs (C(OH)–C–C–N with tert-alkyl or cyclic N) is 1. The van der Waals surface area contributed by atoms with Crippen LogP contribution in [0.15, 0.2) is 57.6 Å². The molecule has 0 fully saturated rings. The van der Waals surface area contributed by atoms with Crippen LogP contribution in [0.3, 0.4) is 0 Å². The van der Waals surface area contributed by atoms with E-state index < -0.39 is 15.9 Å². The van der Waals surface area contributed by atoms with E-state index in [0.29, 0.717) is 17.9 Å². The summed E-state index contributed by atoms with van der Waals surface area (Å²) in [5, 5.41) is 44.4. The molecule has 3 rings (SSSR count). The maximum Gasteiger partial charge on any atom is 0.183 e. The molecule has 0 saturated heterocycles. The van der Waals surface area contributed by atoms with E-state index in [9.17, 15) is 23.9 Å². The van der Waals surface area contributed by atoms with Crippen LogP contribution in [0.5, 0.6) is 11.5 Å². The van der Waals surface area contributed by atoms with Crippen molar-refractivity contribution in [3.63, 3.8) is 0 Å². The summed E-state index contributed by atoms with van der Waals surface area (Å²) in [6, 6.07) is 14.2. The number of sulfone groups is 1. The van der Waals surface area contributed by atoms with E-state index in [1.807, 2.05) is 56.0 Å². The zero-order valence-corrected chi connectivity index (χ0v) is 28.1. The number of para-hydroxylation sites is 1. The van der Waals surface area contributed by atoms with E-state index in [0.717, 1.165) is 5.69 Å². The van der Waals surface area contributed by atoms with Gasteiger partial charge >= 0.3 is 0 Å². The largest absolute Gasteiger partial charge is 0.495 e. The summed E-state index contributed by atoms with van der Waals surface area (Å²) in [5.74, 6) is 0.556. The van der Waals surface area contributed by atoms with E-state index >= 15 is 0 Å². The second-order valence-corrected chi connectivity index (χ2v) is 13.6. The summed E-state index contributed by atoms with van der Waals surface area (Å²) in [5.41, 5.74) is 1.54. The third-order valence-corrected chi connectivity index (χ3v) is 8.84. The SMILES string of the molecule is COc1cc(S(=O)(=O)CCN(CCO)C(C)(C)C)c(OC)cc1N=Nc1c(NCC(C)O)nc(Nc2ccccc2)c(C#N)c1C. The first-order chi connectivity index (χ1) is 21.7. The predicted molar refractivity (Wildman–Crippen MR) is 178 cm³/mol. The maximum atomic E-state index is 13.5. The Bertz CT molecular complexity index is 1670. The van der Waals surface area contributed by atoms with Gasteiger partial charge in [0.05, 0.1) is 38.2 Å². The second-order valence-electron chi connectivity index (χ2n) is 11.6. The highest BCUT2D eigenvalue weighted by Gasteiger charge is 2.27. The van der Waals surface area contributed by atoms with Crippen LogP contribution < -0.4 is 20.1 Å². The number of nitriles is 1. The predicted octanol–water partition coefficient (Wildman–Crippen LogP) is 5.10. The van der Waals surface area contributed by atoms with E-state index in [1.165, 1.54) is 26.4 Å². The molecule has 2 aromatic carbocycles. The Kier molecular flexibility index (Phi) is 12.4. The number of rotatable bonds is 15. The van der Waals surface area contributed by atoms with Crippen LogP contribution in [0.1, 0.15) is 38.8 Å². The Labute approximate surface area is 270 Å². The Morgan fingerprint density at radius 2 is 1.74 bits per heavy atom. The maximum absolute atomic E-state index is 13.5. The highest BCUT2D eigenvalue weighted by molar-refractivity contribution is 7.91. The molecule has 3 aromatic rings. The van der Waals surface area contributed by atoms with Crippen molar-refractivity contribution in [3.8, 4) is 17.6 Å². The zero-order chi connectivity index (χ0) is 34.1. The molecular weight excluding hydrogens is 610 g/mol. The van der Waals surface area contributed by atoms with Crippen LogP contribution >= 0.6 is 0 Å². The molecule has 0 amide bonds. The smallest absolute Gasteiger partial charge is 0.183 e. The molecule has 1 atom stereocenters. The van der Waals surface area contributed by atoms with Crippen molar-refractivity contribution in [2.45, 2.75) is 51.2 Å². The standard InChI is InChI=1S/C32H43N7O6S/c1-21(41)20-34-31-29(22(2)24(19-33)30(36-31)35-23-11-9-8-10-12-23)38-37-25-17-27(45-7)28(18-26(25)44-6)46(42,43)16-14-39(13-15-40)32(3,4)5/h8-12,17-18,21,40-41H,13-16,20H2,1-7H3,(H2,34,35,36). The Morgan fingerprint density at radius 1 is 1.07 bits per heavy atom. The van der Waals surface area contributed by atoms with Gasteiger partial charge in [-0.05, 0) is 46.8 Å². The van der Waals surface area contributed by atoms with E-state index in [4.69, 9.17) is 9.47 Å². The Hall–Kier alpha value is -4.29. The van der Waals surface area contributed by atoms with Gasteiger partial charge in [0.1, 0.15) is 33.8 Å². The molecule has 0 radical (unpaired) electrons. The molecule has 1 unspecified atom stereocenters. The summed E-state index contributed by atoms with van der Waals surface area (Å²) in [7, 11) is -1.10. The number of pyridine rings is 1. The molecule has 0 bridgehead atoms. The number of hydrogen-bond donors (Lipinski definition) is 4. The number of azo groups is 1. The summed E-state index contributed by atoms with van der Waals surface area (Å²) in [4.78, 5) is 6.44. The number of aliphatic hydroxyl groups is 2. The lowest BCUT2D eigenvalue weighted by Gasteiger charge is -2.35. The van der Waals surface area contributed by atoms with Gasteiger partial charge in [-0.2, -0.15) is 5.26 Å². The topological polar surface area (TPSA) is 182 Å². The zero-order valence-electron chi connectivity index (χ0n) is 27.3. The summed E-state index contributed by atoms with van der Waals surface area (Å²) in [6.45, 7) is 9.78. The molecule has 46 heavy (non-hydrogen) atoms. The third-order valence-electron chi connectivity index (χ3n) is 7.13. The van der Waals surface area contributed by atoms with Crippen LogP contribution in [0, 0.1) is 18.3 Å². The Balaban J connectivity index is 2.06. The van der Waals surface area contributed by atoms with E-state index in [-0.39, 0.29) is 70.1 Å². The average Bonchev–Trinajstić information content (AvgIpc) is 3.01. The number of ether oxygens (including phenoxy) is 2. The average molecular weight is 654 g/mol. The van der Waals surface area contributed by atoms with Crippen molar-refractivity contribution in [2.75, 3.05) is 56.8 Å².